The second kappa shape index (κ2) is 17.4. The molecule has 4 heterocycles. The summed E-state index contributed by atoms with van der Waals surface area (Å²) in [6.45, 7) is 37.9. The highest BCUT2D eigenvalue weighted by molar-refractivity contribution is 7.26. The molecule has 430 valence electrons. The summed E-state index contributed by atoms with van der Waals surface area (Å²) in [5.41, 5.74) is 29.3. The second-order valence-corrected chi connectivity index (χ2v) is 33.2. The summed E-state index contributed by atoms with van der Waals surface area (Å²) in [4.78, 5) is 8.56. The lowest BCUT2D eigenvalue weighted by Crippen LogP contribution is -2.62. The molecule has 85 heavy (non-hydrogen) atoms. The maximum atomic E-state index is 2.89. The first-order valence-corrected chi connectivity index (χ1v) is 33.3. The first-order valence-electron chi connectivity index (χ1n) is 32.5. The summed E-state index contributed by atoms with van der Waals surface area (Å²) >= 11 is 1.94. The molecule has 0 bridgehead atoms. The lowest BCUT2D eigenvalue weighted by atomic mass is 9.32. The number of nitrogens with zero attached hydrogens (tertiary/aromatic N) is 3. The van der Waals surface area contributed by atoms with Crippen molar-refractivity contribution in [1.82, 2.24) is 0 Å². The van der Waals surface area contributed by atoms with Gasteiger partial charge in [0.25, 0.3) is 6.71 Å². The predicted octanol–water partition coefficient (Wildman–Crippen LogP) is 20.5. The van der Waals surface area contributed by atoms with Gasteiger partial charge in [-0.1, -0.05) is 182 Å². The van der Waals surface area contributed by atoms with Crippen LogP contribution in [-0.4, -0.2) is 12.3 Å². The topological polar surface area (TPSA) is 9.72 Å². The van der Waals surface area contributed by atoms with Crippen molar-refractivity contribution in [3.05, 3.63) is 184 Å². The van der Waals surface area contributed by atoms with Gasteiger partial charge in [-0.05, 0) is 224 Å². The Bertz CT molecular complexity index is 4380. The van der Waals surface area contributed by atoms with Crippen LogP contribution in [-0.2, 0) is 37.9 Å². The molecule has 0 amide bonds. The van der Waals surface area contributed by atoms with Crippen LogP contribution in [0.5, 0.6) is 0 Å². The number of anilines is 8. The van der Waals surface area contributed by atoms with E-state index in [2.05, 4.69) is 258 Å². The minimum atomic E-state index is -0.190. The van der Waals surface area contributed by atoms with Crippen molar-refractivity contribution in [2.75, 3.05) is 14.7 Å². The molecule has 7 aliphatic rings. The summed E-state index contributed by atoms with van der Waals surface area (Å²) < 4.78 is 2.67. The molecule has 16 rings (SSSR count). The molecule has 0 radical (unpaired) electrons. The van der Waals surface area contributed by atoms with Gasteiger partial charge in [-0.3, -0.25) is 0 Å². The number of aryl methyl sites for hydroxylation is 1. The molecule has 5 heteroatoms. The normalized spacial score (nSPS) is 23.6. The highest BCUT2D eigenvalue weighted by atomic mass is 32.1. The molecule has 0 spiro atoms. The molecule has 1 saturated carbocycles. The van der Waals surface area contributed by atoms with Crippen LogP contribution in [0.3, 0.4) is 0 Å². The summed E-state index contributed by atoms with van der Waals surface area (Å²) in [5, 5.41) is 2.68. The Morgan fingerprint density at radius 2 is 0.906 bits per heavy atom. The van der Waals surface area contributed by atoms with Crippen LogP contribution in [0.4, 0.5) is 45.5 Å². The molecule has 4 aliphatic carbocycles. The molecule has 3 aliphatic heterocycles. The Labute approximate surface area is 512 Å². The Hall–Kier alpha value is -6.56. The zero-order chi connectivity index (χ0) is 59.1. The van der Waals surface area contributed by atoms with Gasteiger partial charge >= 0.3 is 0 Å². The molecule has 1 aromatic heterocycles. The van der Waals surface area contributed by atoms with Crippen LogP contribution in [0.1, 0.15) is 199 Å². The molecule has 2 unspecified atom stereocenters. The third-order valence-corrected chi connectivity index (χ3v) is 25.1. The number of fused-ring (bicyclic) bond motifs is 13. The average molecular weight is 1130 g/mol. The third kappa shape index (κ3) is 7.32. The molecular weight excluding hydrogens is 1050 g/mol. The predicted molar refractivity (Wildman–Crippen MR) is 368 cm³/mol. The van der Waals surface area contributed by atoms with Crippen LogP contribution < -0.4 is 31.1 Å². The Balaban J connectivity index is 1.08. The van der Waals surface area contributed by atoms with E-state index in [0.717, 1.165) is 32.1 Å². The van der Waals surface area contributed by atoms with E-state index in [4.69, 9.17) is 0 Å². The maximum Gasteiger partial charge on any atom is 0.252 e. The van der Waals surface area contributed by atoms with Crippen molar-refractivity contribution >= 4 is 100 Å². The average Bonchev–Trinajstić information content (AvgIpc) is 1.69. The zero-order valence-corrected chi connectivity index (χ0v) is 54.3. The number of benzene rings is 8. The standard InChI is InChI=1S/C80H86BN3S/c1-48-38-53-58(78(12,13)47-77(53,10)11)44-64(48)83-66-46-57-55(74(4,5)35-37-76(57,8)9)43-61(66)81-60-42-54-56(75(6,7)36-34-73(54,2)3)45-65(60)82(63-27-23-29-70-71(63)52-26-19-20-28-69(52)85-70)67-40-51(41-68(83)72(67)81)84-62-31-30-50(49-24-17-16-18-25-49)39-59(62)79(14)32-21-22-33-80(79,84)15/h16-20,23-31,38-46H,21-22,32-37,47H2,1-15H3. The van der Waals surface area contributed by atoms with E-state index in [1.807, 2.05) is 11.3 Å². The highest BCUT2D eigenvalue weighted by Gasteiger charge is 2.59. The van der Waals surface area contributed by atoms with Crippen LogP contribution >= 0.6 is 11.3 Å². The van der Waals surface area contributed by atoms with E-state index in [1.54, 1.807) is 0 Å². The van der Waals surface area contributed by atoms with E-state index < -0.39 is 0 Å². The van der Waals surface area contributed by atoms with Gasteiger partial charge in [0, 0.05) is 65.4 Å². The van der Waals surface area contributed by atoms with Gasteiger partial charge in [-0.2, -0.15) is 0 Å². The summed E-state index contributed by atoms with van der Waals surface area (Å²) in [7, 11) is 0. The van der Waals surface area contributed by atoms with Gasteiger partial charge < -0.3 is 14.7 Å². The molecule has 1 fully saturated rings. The van der Waals surface area contributed by atoms with E-state index in [0.29, 0.717) is 0 Å². The first-order chi connectivity index (χ1) is 40.2. The van der Waals surface area contributed by atoms with Crippen LogP contribution in [0.15, 0.2) is 140 Å². The first kappa shape index (κ1) is 53.9. The molecule has 0 saturated heterocycles. The monoisotopic (exact) mass is 1130 g/mol. The Morgan fingerprint density at radius 3 is 1.53 bits per heavy atom. The van der Waals surface area contributed by atoms with Crippen molar-refractivity contribution in [2.24, 2.45) is 0 Å². The fourth-order valence-electron chi connectivity index (χ4n) is 19.0. The SMILES string of the molecule is Cc1cc2c(cc1N1c3cc4c(cc3B3c5cc6c(cc5N(c5cccc7sc8ccccc8c57)c5cc(N7c8ccc(-c9ccccc9)cc8C8(C)CCCCC78C)cc1c53)C(C)(C)CCC6(C)C)C(C)(C)CCC4(C)C)C(C)(C)CC2(C)C. The van der Waals surface area contributed by atoms with E-state index >= 15 is 0 Å². The molecule has 2 atom stereocenters. The summed E-state index contributed by atoms with van der Waals surface area (Å²) in [6, 6.07) is 56.8. The van der Waals surface area contributed by atoms with Crippen molar-refractivity contribution in [3.63, 3.8) is 0 Å². The number of thiophene rings is 1. The largest absolute Gasteiger partial charge is 0.334 e. The van der Waals surface area contributed by atoms with Crippen molar-refractivity contribution in [1.29, 1.82) is 0 Å². The van der Waals surface area contributed by atoms with Gasteiger partial charge in [0.1, 0.15) is 0 Å². The molecule has 8 aromatic carbocycles. The molecule has 3 nitrogen and oxygen atoms in total. The summed E-state index contributed by atoms with van der Waals surface area (Å²) in [6.07, 6.45) is 10.5. The van der Waals surface area contributed by atoms with Gasteiger partial charge in [-0.25, -0.2) is 0 Å². The number of rotatable bonds is 4. The minimum absolute atomic E-state index is 0.00120. The van der Waals surface area contributed by atoms with E-state index in [9.17, 15) is 0 Å². The lowest BCUT2D eigenvalue weighted by Gasteiger charge is -2.52. The van der Waals surface area contributed by atoms with Gasteiger partial charge in [-0.15, -0.1) is 11.3 Å². The molecule has 0 N–H and O–H groups in total. The highest BCUT2D eigenvalue weighted by Crippen LogP contribution is 2.64. The number of hydrogen-bond donors (Lipinski definition) is 0. The summed E-state index contributed by atoms with van der Waals surface area (Å²) in [5.74, 6) is 0. The van der Waals surface area contributed by atoms with Gasteiger partial charge in [0.2, 0.25) is 0 Å². The van der Waals surface area contributed by atoms with Crippen molar-refractivity contribution < 1.29 is 0 Å². The molecular formula is C80H86BN3S. The Kier molecular flexibility index (Phi) is 11.0. The fraction of sp³-hybridized carbons (Fsp3) is 0.400. The lowest BCUT2D eigenvalue weighted by molar-refractivity contribution is 0.195. The quantitative estimate of drug-likeness (QED) is 0.163. The second-order valence-electron chi connectivity index (χ2n) is 32.1. The van der Waals surface area contributed by atoms with E-state index in [-0.39, 0.29) is 50.2 Å². The smallest absolute Gasteiger partial charge is 0.252 e. The van der Waals surface area contributed by atoms with Crippen molar-refractivity contribution in [2.45, 2.75) is 205 Å². The van der Waals surface area contributed by atoms with E-state index in [1.165, 1.54) is 163 Å². The maximum absolute atomic E-state index is 2.89. The Morgan fingerprint density at radius 1 is 0.388 bits per heavy atom. The third-order valence-electron chi connectivity index (χ3n) is 24.0. The van der Waals surface area contributed by atoms with Gasteiger partial charge in [0.05, 0.1) is 11.2 Å². The number of hydrogen-bond acceptors (Lipinski definition) is 4. The van der Waals surface area contributed by atoms with Crippen LogP contribution in [0.2, 0.25) is 0 Å². The minimum Gasteiger partial charge on any atom is -0.334 e. The zero-order valence-electron chi connectivity index (χ0n) is 53.5. The fourth-order valence-corrected chi connectivity index (χ4v) is 20.1. The van der Waals surface area contributed by atoms with Crippen LogP contribution in [0, 0.1) is 6.92 Å². The van der Waals surface area contributed by atoms with Crippen molar-refractivity contribution in [3.8, 4) is 11.1 Å². The van der Waals surface area contributed by atoms with Crippen LogP contribution in [0.25, 0.3) is 31.3 Å². The molecule has 9 aromatic rings. The van der Waals surface area contributed by atoms with Gasteiger partial charge in [0.15, 0.2) is 0 Å².